The monoisotopic (exact) mass is 369 g/mol. The number of imidazole rings is 1. The summed E-state index contributed by atoms with van der Waals surface area (Å²) in [5, 5.41) is 2.66. The number of hydrogen-bond donors (Lipinski definition) is 3. The molecule has 2 aromatic carbocycles. The van der Waals surface area contributed by atoms with Gasteiger partial charge < -0.3 is 15.3 Å². The summed E-state index contributed by atoms with van der Waals surface area (Å²) < 4.78 is 0. The Bertz CT molecular complexity index is 981. The molecule has 136 valence electrons. The molecule has 0 saturated carbocycles. The number of aromatic nitrogens is 2. The predicted octanol–water partition coefficient (Wildman–Crippen LogP) is 4.27. The van der Waals surface area contributed by atoms with Crippen LogP contribution in [0.25, 0.3) is 11.0 Å². The van der Waals surface area contributed by atoms with Crippen LogP contribution in [0.5, 0.6) is 0 Å². The van der Waals surface area contributed by atoms with E-state index in [-0.39, 0.29) is 22.3 Å². The Labute approximate surface area is 156 Å². The predicted molar refractivity (Wildman–Crippen MR) is 108 cm³/mol. The van der Waals surface area contributed by atoms with Gasteiger partial charge in [0.15, 0.2) is 0 Å². The number of thioether (sulfide) groups is 1. The van der Waals surface area contributed by atoms with Crippen LogP contribution in [0.2, 0.25) is 0 Å². The molecule has 3 rings (SSSR count). The molecule has 0 aliphatic carbocycles. The molecule has 1 amide bonds. The molecule has 1 atom stereocenters. The summed E-state index contributed by atoms with van der Waals surface area (Å²) in [6.07, 6.45) is 0. The van der Waals surface area contributed by atoms with Crippen molar-refractivity contribution in [2.75, 3.05) is 5.32 Å². The first-order valence-corrected chi connectivity index (χ1v) is 9.40. The van der Waals surface area contributed by atoms with Gasteiger partial charge >= 0.3 is 5.69 Å². The van der Waals surface area contributed by atoms with E-state index in [1.165, 1.54) is 17.3 Å². The highest BCUT2D eigenvalue weighted by atomic mass is 32.2. The fourth-order valence-corrected chi connectivity index (χ4v) is 3.51. The molecular formula is C20H23N3O2S. The van der Waals surface area contributed by atoms with Gasteiger partial charge in [-0.1, -0.05) is 32.9 Å². The van der Waals surface area contributed by atoms with Crippen molar-refractivity contribution in [1.82, 2.24) is 9.97 Å². The third-order valence-corrected chi connectivity index (χ3v) is 5.30. The zero-order valence-electron chi connectivity index (χ0n) is 15.3. The molecular weight excluding hydrogens is 346 g/mol. The Morgan fingerprint density at radius 3 is 2.35 bits per heavy atom. The third-order valence-electron chi connectivity index (χ3n) is 4.19. The minimum Gasteiger partial charge on any atom is -0.325 e. The van der Waals surface area contributed by atoms with Crippen LogP contribution >= 0.6 is 11.8 Å². The molecule has 0 aliphatic heterocycles. The number of aromatic amines is 2. The third kappa shape index (κ3) is 4.19. The molecule has 0 fully saturated rings. The van der Waals surface area contributed by atoms with Gasteiger partial charge in [-0.3, -0.25) is 4.79 Å². The quantitative estimate of drug-likeness (QED) is 0.601. The summed E-state index contributed by atoms with van der Waals surface area (Å²) in [6, 6.07) is 13.6. The summed E-state index contributed by atoms with van der Waals surface area (Å²) in [5.74, 6) is -0.0767. The standard InChI is InChI=1S/C20H23N3O2S/c1-12(26-15-8-5-13(6-9-15)20(2,3)4)18(24)21-14-7-10-16-17(11-14)23-19(25)22-16/h5-12H,1-4H3,(H,21,24)(H2,22,23,25). The van der Waals surface area contributed by atoms with Gasteiger partial charge in [0.05, 0.1) is 16.3 Å². The second-order valence-electron chi connectivity index (χ2n) is 7.36. The molecule has 26 heavy (non-hydrogen) atoms. The van der Waals surface area contributed by atoms with Crippen molar-refractivity contribution < 1.29 is 4.79 Å². The van der Waals surface area contributed by atoms with Gasteiger partial charge in [0.2, 0.25) is 5.91 Å². The van der Waals surface area contributed by atoms with Gasteiger partial charge in [0.1, 0.15) is 0 Å². The number of benzene rings is 2. The number of hydrogen-bond acceptors (Lipinski definition) is 3. The van der Waals surface area contributed by atoms with E-state index < -0.39 is 0 Å². The summed E-state index contributed by atoms with van der Waals surface area (Å²) in [4.78, 5) is 30.2. The fourth-order valence-electron chi connectivity index (χ4n) is 2.65. The van der Waals surface area contributed by atoms with E-state index >= 15 is 0 Å². The van der Waals surface area contributed by atoms with Crippen molar-refractivity contribution in [2.45, 2.75) is 43.3 Å². The van der Waals surface area contributed by atoms with Crippen LogP contribution in [0.4, 0.5) is 5.69 Å². The first-order chi connectivity index (χ1) is 12.2. The summed E-state index contributed by atoms with van der Waals surface area (Å²) in [6.45, 7) is 8.42. The maximum absolute atomic E-state index is 12.5. The minimum atomic E-state index is -0.258. The van der Waals surface area contributed by atoms with Crippen LogP contribution < -0.4 is 11.0 Å². The molecule has 6 heteroatoms. The number of rotatable bonds is 4. The number of nitrogens with one attached hydrogen (secondary N) is 3. The van der Waals surface area contributed by atoms with Gasteiger partial charge in [-0.25, -0.2) is 4.79 Å². The van der Waals surface area contributed by atoms with Gasteiger partial charge in [0.25, 0.3) is 0 Å². The fraction of sp³-hybridized carbons (Fsp3) is 0.300. The summed E-state index contributed by atoms with van der Waals surface area (Å²) in [5.41, 5.74) is 3.18. The number of anilines is 1. The summed E-state index contributed by atoms with van der Waals surface area (Å²) >= 11 is 1.52. The largest absolute Gasteiger partial charge is 0.325 e. The van der Waals surface area contributed by atoms with Crippen LogP contribution in [0.1, 0.15) is 33.3 Å². The van der Waals surface area contributed by atoms with Crippen LogP contribution in [0.15, 0.2) is 52.2 Å². The molecule has 1 unspecified atom stereocenters. The van der Waals surface area contributed by atoms with E-state index in [9.17, 15) is 9.59 Å². The average Bonchev–Trinajstić information content (AvgIpc) is 2.93. The maximum atomic E-state index is 12.5. The number of amides is 1. The molecule has 0 radical (unpaired) electrons. The zero-order chi connectivity index (χ0) is 18.9. The van der Waals surface area contributed by atoms with Crippen LogP contribution in [-0.4, -0.2) is 21.1 Å². The highest BCUT2D eigenvalue weighted by molar-refractivity contribution is 8.00. The van der Waals surface area contributed by atoms with E-state index in [1.54, 1.807) is 18.2 Å². The molecule has 3 N–H and O–H groups in total. The molecule has 1 heterocycles. The van der Waals surface area contributed by atoms with Crippen LogP contribution in [-0.2, 0) is 10.2 Å². The Morgan fingerprint density at radius 1 is 1.04 bits per heavy atom. The van der Waals surface area contributed by atoms with Crippen molar-refractivity contribution in [1.29, 1.82) is 0 Å². The van der Waals surface area contributed by atoms with Crippen LogP contribution in [0, 0.1) is 0 Å². The first kappa shape index (κ1) is 18.3. The van der Waals surface area contributed by atoms with E-state index in [0.29, 0.717) is 11.2 Å². The Morgan fingerprint density at radius 2 is 1.69 bits per heavy atom. The van der Waals surface area contributed by atoms with Gasteiger partial charge in [0, 0.05) is 10.6 Å². The second-order valence-corrected chi connectivity index (χ2v) is 8.78. The van der Waals surface area contributed by atoms with E-state index in [2.05, 4.69) is 60.3 Å². The van der Waals surface area contributed by atoms with Crippen molar-refractivity contribution in [2.24, 2.45) is 0 Å². The molecule has 1 aromatic heterocycles. The van der Waals surface area contributed by atoms with Crippen molar-refractivity contribution in [3.63, 3.8) is 0 Å². The van der Waals surface area contributed by atoms with Crippen LogP contribution in [0.3, 0.4) is 0 Å². The lowest BCUT2D eigenvalue weighted by Gasteiger charge is -2.19. The lowest BCUT2D eigenvalue weighted by Crippen LogP contribution is -2.22. The van der Waals surface area contributed by atoms with Crippen molar-refractivity contribution >= 4 is 34.4 Å². The highest BCUT2D eigenvalue weighted by Gasteiger charge is 2.17. The molecule has 3 aromatic rings. The number of carbonyl (C=O) groups is 1. The van der Waals surface area contributed by atoms with Crippen molar-refractivity contribution in [3.05, 3.63) is 58.5 Å². The number of fused-ring (bicyclic) bond motifs is 1. The van der Waals surface area contributed by atoms with Gasteiger partial charge in [-0.05, 0) is 48.2 Å². The van der Waals surface area contributed by atoms with Gasteiger partial charge in [-0.15, -0.1) is 11.8 Å². The highest BCUT2D eigenvalue weighted by Crippen LogP contribution is 2.28. The number of H-pyrrole nitrogens is 2. The summed E-state index contributed by atoms with van der Waals surface area (Å²) in [7, 11) is 0. The molecule has 0 spiro atoms. The van der Waals surface area contributed by atoms with E-state index in [0.717, 1.165) is 10.4 Å². The first-order valence-electron chi connectivity index (χ1n) is 8.52. The Hall–Kier alpha value is -2.47. The molecule has 0 bridgehead atoms. The smallest absolute Gasteiger partial charge is 0.323 e. The average molecular weight is 369 g/mol. The lowest BCUT2D eigenvalue weighted by molar-refractivity contribution is -0.115. The molecule has 0 aliphatic rings. The topological polar surface area (TPSA) is 77.8 Å². The minimum absolute atomic E-state index is 0.0767. The Kier molecular flexibility index (Phi) is 4.96. The Balaban J connectivity index is 1.66. The van der Waals surface area contributed by atoms with E-state index in [4.69, 9.17) is 0 Å². The van der Waals surface area contributed by atoms with E-state index in [1.807, 2.05) is 6.92 Å². The van der Waals surface area contributed by atoms with Gasteiger partial charge in [-0.2, -0.15) is 0 Å². The lowest BCUT2D eigenvalue weighted by atomic mass is 9.87. The SMILES string of the molecule is CC(Sc1ccc(C(C)(C)C)cc1)C(=O)Nc1ccc2[nH]c(=O)[nH]c2c1. The molecule has 0 saturated heterocycles. The second kappa shape index (κ2) is 7.03. The zero-order valence-corrected chi connectivity index (χ0v) is 16.2. The maximum Gasteiger partial charge on any atom is 0.323 e. The van der Waals surface area contributed by atoms with Crippen molar-refractivity contribution in [3.8, 4) is 0 Å². The number of carbonyl (C=O) groups excluding carboxylic acids is 1. The normalized spacial score (nSPS) is 12.9. The molecule has 5 nitrogen and oxygen atoms in total.